The third-order valence-electron chi connectivity index (χ3n) is 5.28. The summed E-state index contributed by atoms with van der Waals surface area (Å²) >= 11 is 7.06. The first-order valence-electron chi connectivity index (χ1n) is 10.1. The Hall–Kier alpha value is -3.92. The van der Waals surface area contributed by atoms with Crippen LogP contribution in [0.2, 0.25) is 5.02 Å². The number of morpholine rings is 1. The SMILES string of the molecule is N#Cc1c(N)nc2sc(/C([O-])=N/c3c[n+](N4CCOCC4)no3)c(N)c2c1-c1ccc(Cl)cc1. The molecule has 0 saturated carbocycles. The Morgan fingerprint density at radius 2 is 2.00 bits per heavy atom. The molecule has 1 fully saturated rings. The highest BCUT2D eigenvalue weighted by molar-refractivity contribution is 7.21. The van der Waals surface area contributed by atoms with Crippen molar-refractivity contribution in [2.45, 2.75) is 0 Å². The highest BCUT2D eigenvalue weighted by Crippen LogP contribution is 2.42. The summed E-state index contributed by atoms with van der Waals surface area (Å²) in [5.41, 5.74) is 13.9. The highest BCUT2D eigenvalue weighted by Gasteiger charge is 2.24. The highest BCUT2D eigenvalue weighted by atomic mass is 35.5. The molecule has 0 radical (unpaired) electrons. The molecule has 1 aliphatic rings. The normalized spacial score (nSPS) is 14.5. The van der Waals surface area contributed by atoms with E-state index in [1.807, 2.05) is 5.01 Å². The fourth-order valence-corrected chi connectivity index (χ4v) is 4.79. The van der Waals surface area contributed by atoms with Gasteiger partial charge in [-0.25, -0.2) is 9.98 Å². The summed E-state index contributed by atoms with van der Waals surface area (Å²) in [6, 6.07) is 8.97. The lowest BCUT2D eigenvalue weighted by Crippen LogP contribution is -2.62. The standard InChI is InChI=1S/C21H17ClN8O3S/c22-12-3-1-11(2-4-12)15-13(9-23)19(25)27-21-16(15)17(24)18(34-21)20(31)26-14-10-30(28-33-14)29-5-7-32-8-6-29/h1-4,10H,5-8H2,(H4-,24,25,26,27,28,31). The number of anilines is 2. The van der Waals surface area contributed by atoms with Gasteiger partial charge in [0, 0.05) is 21.9 Å². The maximum atomic E-state index is 13.0. The zero-order valence-electron chi connectivity index (χ0n) is 17.6. The number of hydrogen-bond donors (Lipinski definition) is 2. The molecule has 0 unspecified atom stereocenters. The summed E-state index contributed by atoms with van der Waals surface area (Å²) in [5, 5.41) is 29.6. The molecule has 0 amide bonds. The van der Waals surface area contributed by atoms with Crippen molar-refractivity contribution in [3.8, 4) is 17.2 Å². The number of nitriles is 1. The maximum Gasteiger partial charge on any atom is 0.324 e. The molecule has 0 spiro atoms. The van der Waals surface area contributed by atoms with Gasteiger partial charge in [-0.05, 0) is 17.7 Å². The van der Waals surface area contributed by atoms with Crippen molar-refractivity contribution in [1.29, 1.82) is 5.26 Å². The Labute approximate surface area is 202 Å². The number of aliphatic imine (C=N–C) groups is 1. The number of ether oxygens (including phenoxy) is 1. The van der Waals surface area contributed by atoms with E-state index in [0.717, 1.165) is 11.3 Å². The van der Waals surface area contributed by atoms with Crippen molar-refractivity contribution in [2.24, 2.45) is 4.99 Å². The second kappa shape index (κ2) is 8.79. The average Bonchev–Trinajstić information content (AvgIpc) is 3.44. The van der Waals surface area contributed by atoms with E-state index in [4.69, 9.17) is 32.3 Å². The molecule has 4 heterocycles. The van der Waals surface area contributed by atoms with E-state index < -0.39 is 5.90 Å². The van der Waals surface area contributed by atoms with Gasteiger partial charge in [0.15, 0.2) is 0 Å². The first kappa shape index (κ1) is 21.9. The van der Waals surface area contributed by atoms with Crippen molar-refractivity contribution in [3.05, 3.63) is 45.9 Å². The summed E-state index contributed by atoms with van der Waals surface area (Å²) in [4.78, 5) is 10.4. The number of aromatic nitrogens is 3. The molecule has 5 rings (SSSR count). The quantitative estimate of drug-likeness (QED) is 0.240. The molecule has 13 heteroatoms. The van der Waals surface area contributed by atoms with Crippen LogP contribution in [0.4, 0.5) is 17.4 Å². The van der Waals surface area contributed by atoms with E-state index in [1.165, 1.54) is 11.0 Å². The smallest absolute Gasteiger partial charge is 0.324 e. The van der Waals surface area contributed by atoms with E-state index in [1.54, 1.807) is 24.3 Å². The molecule has 4 N–H and O–H groups in total. The predicted molar refractivity (Wildman–Crippen MR) is 125 cm³/mol. The predicted octanol–water partition coefficient (Wildman–Crippen LogP) is 1.34. The van der Waals surface area contributed by atoms with E-state index in [9.17, 15) is 10.4 Å². The molecule has 1 saturated heterocycles. The fourth-order valence-electron chi connectivity index (χ4n) is 3.67. The van der Waals surface area contributed by atoms with Crippen LogP contribution in [0.3, 0.4) is 0 Å². The van der Waals surface area contributed by atoms with Gasteiger partial charge in [-0.1, -0.05) is 23.7 Å². The minimum atomic E-state index is -0.620. The molecule has 4 aromatic rings. The number of thiophene rings is 1. The van der Waals surface area contributed by atoms with Gasteiger partial charge in [0.1, 0.15) is 22.3 Å². The molecule has 0 aliphatic carbocycles. The van der Waals surface area contributed by atoms with Gasteiger partial charge < -0.3 is 21.3 Å². The van der Waals surface area contributed by atoms with E-state index in [0.29, 0.717) is 52.7 Å². The van der Waals surface area contributed by atoms with Gasteiger partial charge in [0.05, 0.1) is 41.7 Å². The Morgan fingerprint density at radius 1 is 1.26 bits per heavy atom. The monoisotopic (exact) mass is 496 g/mol. The first-order valence-corrected chi connectivity index (χ1v) is 11.3. The van der Waals surface area contributed by atoms with Crippen LogP contribution in [0, 0.1) is 11.3 Å². The Kier molecular flexibility index (Phi) is 5.66. The summed E-state index contributed by atoms with van der Waals surface area (Å²) in [7, 11) is 0. The van der Waals surface area contributed by atoms with E-state index in [2.05, 4.69) is 21.3 Å². The molecular formula is C21H17ClN8O3S. The molecule has 34 heavy (non-hydrogen) atoms. The molecule has 172 valence electrons. The number of pyridine rings is 1. The fraction of sp³-hybridized carbons (Fsp3) is 0.190. The van der Waals surface area contributed by atoms with Crippen molar-refractivity contribution in [3.63, 3.8) is 0 Å². The Bertz CT molecular complexity index is 1450. The molecule has 0 bridgehead atoms. The van der Waals surface area contributed by atoms with Crippen molar-refractivity contribution in [1.82, 2.24) is 10.3 Å². The minimum absolute atomic E-state index is 0.0245. The number of fused-ring (bicyclic) bond motifs is 1. The lowest BCUT2D eigenvalue weighted by Gasteiger charge is -2.18. The first-order chi connectivity index (χ1) is 16.5. The maximum absolute atomic E-state index is 13.0. The zero-order valence-corrected chi connectivity index (χ0v) is 19.1. The summed E-state index contributed by atoms with van der Waals surface area (Å²) < 4.78 is 10.5. The topological polar surface area (TPSA) is 167 Å². The van der Waals surface area contributed by atoms with Crippen LogP contribution in [0.15, 0.2) is 40.0 Å². The third kappa shape index (κ3) is 3.86. The van der Waals surface area contributed by atoms with Crippen LogP contribution in [0.25, 0.3) is 21.3 Å². The zero-order chi connectivity index (χ0) is 23.8. The number of halogens is 1. The van der Waals surface area contributed by atoms with Gasteiger partial charge in [0.2, 0.25) is 5.27 Å². The van der Waals surface area contributed by atoms with E-state index in [-0.39, 0.29) is 27.8 Å². The van der Waals surface area contributed by atoms with Crippen LogP contribution < -0.4 is 26.4 Å². The van der Waals surface area contributed by atoms with Crippen LogP contribution in [0.5, 0.6) is 0 Å². The van der Waals surface area contributed by atoms with Crippen molar-refractivity contribution in [2.75, 3.05) is 42.8 Å². The number of benzene rings is 1. The number of nitrogens with zero attached hydrogens (tertiary/aromatic N) is 6. The molecule has 1 aliphatic heterocycles. The van der Waals surface area contributed by atoms with Gasteiger partial charge in [-0.3, -0.25) is 4.52 Å². The van der Waals surface area contributed by atoms with E-state index >= 15 is 0 Å². The molecule has 11 nitrogen and oxygen atoms in total. The summed E-state index contributed by atoms with van der Waals surface area (Å²) in [5.74, 6) is -0.555. The van der Waals surface area contributed by atoms with Crippen molar-refractivity contribution >= 4 is 56.4 Å². The molecular weight excluding hydrogens is 480 g/mol. The third-order valence-corrected chi connectivity index (χ3v) is 6.62. The van der Waals surface area contributed by atoms with Gasteiger partial charge >= 0.3 is 5.88 Å². The summed E-state index contributed by atoms with van der Waals surface area (Å²) in [6.45, 7) is 2.41. The van der Waals surface area contributed by atoms with Crippen LogP contribution in [-0.2, 0) is 4.74 Å². The van der Waals surface area contributed by atoms with Gasteiger partial charge in [-0.15, -0.1) is 16.3 Å². The minimum Gasteiger partial charge on any atom is -0.857 e. The van der Waals surface area contributed by atoms with Crippen LogP contribution in [-0.4, -0.2) is 42.5 Å². The number of nitrogens with two attached hydrogens (primary N) is 2. The van der Waals surface area contributed by atoms with Crippen LogP contribution >= 0.6 is 22.9 Å². The van der Waals surface area contributed by atoms with Gasteiger partial charge in [-0.2, -0.15) is 5.26 Å². The molecule has 3 aromatic heterocycles. The van der Waals surface area contributed by atoms with Crippen LogP contribution in [0.1, 0.15) is 10.4 Å². The van der Waals surface area contributed by atoms with Gasteiger partial charge in [0.25, 0.3) is 6.20 Å². The largest absolute Gasteiger partial charge is 0.857 e. The lowest BCUT2D eigenvalue weighted by molar-refractivity contribution is -0.759. The Morgan fingerprint density at radius 3 is 2.71 bits per heavy atom. The molecule has 1 aromatic carbocycles. The number of rotatable bonds is 4. The Balaban J connectivity index is 1.59. The lowest BCUT2D eigenvalue weighted by atomic mass is 9.97. The van der Waals surface area contributed by atoms with Crippen molar-refractivity contribution < 1.29 is 19.2 Å². The number of hydrogen-bond acceptors (Lipinski definition) is 11. The summed E-state index contributed by atoms with van der Waals surface area (Å²) in [6.07, 6.45) is 1.51. The average molecular weight is 497 g/mol. The molecule has 0 atom stereocenters. The second-order valence-corrected chi connectivity index (χ2v) is 8.77. The second-order valence-electron chi connectivity index (χ2n) is 7.33. The number of nitrogen functional groups attached to an aromatic ring is 2.